The van der Waals surface area contributed by atoms with Crippen LogP contribution in [0.2, 0.25) is 0 Å². The number of hydrogen-bond donors (Lipinski definition) is 1. The molecule has 56 valence electrons. The summed E-state index contributed by atoms with van der Waals surface area (Å²) in [5.41, 5.74) is -0.0469. The Hall–Kier alpha value is -0.750. The van der Waals surface area contributed by atoms with E-state index in [1.165, 1.54) is 0 Å². The maximum atomic E-state index is 8.41. The van der Waals surface area contributed by atoms with Gasteiger partial charge in [-0.25, -0.2) is 0 Å². The van der Waals surface area contributed by atoms with Crippen LogP contribution in [0.4, 0.5) is 0 Å². The standard InChI is InChI=1S/C7H12N2O/c1-2-7(9-6-8)3-4-10-5-7/h9H,2-5H2,1H3. The van der Waals surface area contributed by atoms with Crippen LogP contribution in [-0.2, 0) is 4.74 Å². The molecule has 1 aliphatic heterocycles. The quantitative estimate of drug-likeness (QED) is 0.452. The van der Waals surface area contributed by atoms with E-state index in [-0.39, 0.29) is 5.54 Å². The highest BCUT2D eigenvalue weighted by Crippen LogP contribution is 2.21. The van der Waals surface area contributed by atoms with Crippen molar-refractivity contribution in [3.8, 4) is 6.19 Å². The lowest BCUT2D eigenvalue weighted by Gasteiger charge is -2.22. The molecule has 0 bridgehead atoms. The van der Waals surface area contributed by atoms with Crippen molar-refractivity contribution < 1.29 is 4.74 Å². The van der Waals surface area contributed by atoms with Crippen molar-refractivity contribution in [3.63, 3.8) is 0 Å². The minimum Gasteiger partial charge on any atom is -0.379 e. The molecule has 0 aromatic heterocycles. The Morgan fingerprint density at radius 3 is 3.00 bits per heavy atom. The van der Waals surface area contributed by atoms with Gasteiger partial charge in [-0.05, 0) is 12.8 Å². The Morgan fingerprint density at radius 1 is 1.80 bits per heavy atom. The lowest BCUT2D eigenvalue weighted by molar-refractivity contribution is 0.170. The lowest BCUT2D eigenvalue weighted by Crippen LogP contribution is -2.42. The summed E-state index contributed by atoms with van der Waals surface area (Å²) in [6.45, 7) is 3.53. The molecule has 1 saturated heterocycles. The van der Waals surface area contributed by atoms with Crippen molar-refractivity contribution in [2.45, 2.75) is 25.3 Å². The zero-order chi connectivity index (χ0) is 7.45. The molecule has 1 rings (SSSR count). The second kappa shape index (κ2) is 2.89. The Balaban J connectivity index is 2.51. The summed E-state index contributed by atoms with van der Waals surface area (Å²) >= 11 is 0. The van der Waals surface area contributed by atoms with Gasteiger partial charge in [0.2, 0.25) is 0 Å². The molecule has 1 fully saturated rings. The smallest absolute Gasteiger partial charge is 0.177 e. The average molecular weight is 140 g/mol. The maximum Gasteiger partial charge on any atom is 0.177 e. The molecule has 1 unspecified atom stereocenters. The summed E-state index contributed by atoms with van der Waals surface area (Å²) in [6.07, 6.45) is 3.89. The normalized spacial score (nSPS) is 31.6. The van der Waals surface area contributed by atoms with Crippen molar-refractivity contribution in [2.24, 2.45) is 0 Å². The molecule has 1 N–H and O–H groups in total. The first-order valence-corrected chi connectivity index (χ1v) is 3.57. The van der Waals surface area contributed by atoms with E-state index in [4.69, 9.17) is 10.00 Å². The van der Waals surface area contributed by atoms with Gasteiger partial charge in [-0.15, -0.1) is 0 Å². The van der Waals surface area contributed by atoms with Crippen molar-refractivity contribution in [3.05, 3.63) is 0 Å². The molecule has 3 nitrogen and oxygen atoms in total. The van der Waals surface area contributed by atoms with Crippen molar-refractivity contribution in [1.29, 1.82) is 5.26 Å². The molecular weight excluding hydrogens is 128 g/mol. The lowest BCUT2D eigenvalue weighted by atomic mass is 9.96. The Kier molecular flexibility index (Phi) is 2.13. The van der Waals surface area contributed by atoms with E-state index >= 15 is 0 Å². The first-order chi connectivity index (χ1) is 4.83. The fraction of sp³-hybridized carbons (Fsp3) is 0.857. The van der Waals surface area contributed by atoms with Crippen LogP contribution < -0.4 is 5.32 Å². The van der Waals surface area contributed by atoms with E-state index < -0.39 is 0 Å². The van der Waals surface area contributed by atoms with Gasteiger partial charge in [-0.1, -0.05) is 6.92 Å². The number of hydrogen-bond acceptors (Lipinski definition) is 3. The van der Waals surface area contributed by atoms with Crippen molar-refractivity contribution >= 4 is 0 Å². The van der Waals surface area contributed by atoms with Gasteiger partial charge in [-0.3, -0.25) is 0 Å². The van der Waals surface area contributed by atoms with Gasteiger partial charge in [-0.2, -0.15) is 5.26 Å². The molecule has 0 aromatic carbocycles. The molecule has 0 aromatic rings. The molecule has 1 atom stereocenters. The summed E-state index contributed by atoms with van der Waals surface area (Å²) in [6, 6.07) is 0. The molecule has 1 aliphatic rings. The van der Waals surface area contributed by atoms with Crippen LogP contribution in [0.3, 0.4) is 0 Å². The Morgan fingerprint density at radius 2 is 2.60 bits per heavy atom. The summed E-state index contributed by atoms with van der Waals surface area (Å²) in [5.74, 6) is 0. The fourth-order valence-electron chi connectivity index (χ4n) is 1.19. The van der Waals surface area contributed by atoms with E-state index in [1.807, 2.05) is 6.19 Å². The number of nitrogens with zero attached hydrogens (tertiary/aromatic N) is 1. The first-order valence-electron chi connectivity index (χ1n) is 3.57. The van der Waals surface area contributed by atoms with Gasteiger partial charge in [0.05, 0.1) is 12.1 Å². The second-order valence-corrected chi connectivity index (χ2v) is 2.67. The topological polar surface area (TPSA) is 45.0 Å². The van der Waals surface area contributed by atoms with Crippen LogP contribution in [0.5, 0.6) is 0 Å². The zero-order valence-corrected chi connectivity index (χ0v) is 6.18. The summed E-state index contributed by atoms with van der Waals surface area (Å²) in [7, 11) is 0. The van der Waals surface area contributed by atoms with Crippen LogP contribution in [0.25, 0.3) is 0 Å². The van der Waals surface area contributed by atoms with Gasteiger partial charge in [0.25, 0.3) is 0 Å². The third-order valence-corrected chi connectivity index (χ3v) is 2.10. The summed E-state index contributed by atoms with van der Waals surface area (Å²) in [5, 5.41) is 11.2. The van der Waals surface area contributed by atoms with Crippen LogP contribution >= 0.6 is 0 Å². The van der Waals surface area contributed by atoms with E-state index in [0.717, 1.165) is 19.4 Å². The summed E-state index contributed by atoms with van der Waals surface area (Å²) in [4.78, 5) is 0. The van der Waals surface area contributed by atoms with Crippen molar-refractivity contribution in [2.75, 3.05) is 13.2 Å². The molecule has 0 amide bonds. The molecule has 0 spiro atoms. The first kappa shape index (κ1) is 7.36. The molecule has 10 heavy (non-hydrogen) atoms. The van der Waals surface area contributed by atoms with E-state index in [9.17, 15) is 0 Å². The molecular formula is C7H12N2O. The van der Waals surface area contributed by atoms with E-state index in [0.29, 0.717) is 6.61 Å². The SMILES string of the molecule is CCC1(NC#N)CCOC1. The summed E-state index contributed by atoms with van der Waals surface area (Å²) < 4.78 is 5.19. The van der Waals surface area contributed by atoms with E-state index in [2.05, 4.69) is 12.2 Å². The molecule has 0 radical (unpaired) electrons. The van der Waals surface area contributed by atoms with Crippen LogP contribution in [-0.4, -0.2) is 18.8 Å². The van der Waals surface area contributed by atoms with Gasteiger partial charge < -0.3 is 10.1 Å². The molecule has 3 heteroatoms. The number of rotatable bonds is 2. The zero-order valence-electron chi connectivity index (χ0n) is 6.18. The number of nitriles is 1. The highest BCUT2D eigenvalue weighted by Gasteiger charge is 2.32. The molecule has 1 heterocycles. The highest BCUT2D eigenvalue weighted by atomic mass is 16.5. The van der Waals surface area contributed by atoms with Gasteiger partial charge >= 0.3 is 0 Å². The predicted molar refractivity (Wildman–Crippen MR) is 37.2 cm³/mol. The van der Waals surface area contributed by atoms with Gasteiger partial charge in [0, 0.05) is 6.61 Å². The highest BCUT2D eigenvalue weighted by molar-refractivity contribution is 4.94. The fourth-order valence-corrected chi connectivity index (χ4v) is 1.19. The van der Waals surface area contributed by atoms with Crippen molar-refractivity contribution in [1.82, 2.24) is 5.32 Å². The van der Waals surface area contributed by atoms with Crippen LogP contribution in [0, 0.1) is 11.5 Å². The molecule has 0 saturated carbocycles. The second-order valence-electron chi connectivity index (χ2n) is 2.67. The van der Waals surface area contributed by atoms with Gasteiger partial charge in [0.1, 0.15) is 0 Å². The van der Waals surface area contributed by atoms with Crippen LogP contribution in [0.15, 0.2) is 0 Å². The largest absolute Gasteiger partial charge is 0.379 e. The van der Waals surface area contributed by atoms with E-state index in [1.54, 1.807) is 0 Å². The third-order valence-electron chi connectivity index (χ3n) is 2.10. The maximum absolute atomic E-state index is 8.41. The number of ether oxygens (including phenoxy) is 1. The molecule has 0 aliphatic carbocycles. The minimum absolute atomic E-state index is 0.0469. The Labute approximate surface area is 61.0 Å². The number of nitrogens with one attached hydrogen (secondary N) is 1. The monoisotopic (exact) mass is 140 g/mol. The van der Waals surface area contributed by atoms with Gasteiger partial charge in [0.15, 0.2) is 6.19 Å². The minimum atomic E-state index is -0.0469. The Bertz CT molecular complexity index is 144. The van der Waals surface area contributed by atoms with Crippen LogP contribution in [0.1, 0.15) is 19.8 Å². The third kappa shape index (κ3) is 1.22. The predicted octanol–water partition coefficient (Wildman–Crippen LogP) is 0.626. The average Bonchev–Trinajstić information content (AvgIpc) is 2.39.